The van der Waals surface area contributed by atoms with Crippen LogP contribution in [0.4, 0.5) is 33.2 Å². The molecule has 0 atom stereocenters. The smallest absolute Gasteiger partial charge is 0.253 e. The molecular formula is C26H28ClFN6O2. The zero-order valence-corrected chi connectivity index (χ0v) is 21.3. The number of nitrogens with zero attached hydrogens (tertiary/aromatic N) is 3. The summed E-state index contributed by atoms with van der Waals surface area (Å²) in [6.07, 6.45) is 2.64. The average molecular weight is 511 g/mol. The Morgan fingerprint density at radius 1 is 1.22 bits per heavy atom. The molecule has 2 heterocycles. The molecule has 1 aromatic heterocycles. The van der Waals surface area contributed by atoms with Crippen LogP contribution >= 0.6 is 11.6 Å². The van der Waals surface area contributed by atoms with E-state index in [2.05, 4.69) is 39.8 Å². The third-order valence-corrected chi connectivity index (χ3v) is 6.60. The van der Waals surface area contributed by atoms with Crippen molar-refractivity contribution in [2.24, 2.45) is 0 Å². The molecule has 0 bridgehead atoms. The van der Waals surface area contributed by atoms with Crippen molar-refractivity contribution in [3.05, 3.63) is 64.6 Å². The summed E-state index contributed by atoms with van der Waals surface area (Å²) < 4.78 is 14.6. The van der Waals surface area contributed by atoms with Crippen LogP contribution in [0.15, 0.2) is 42.6 Å². The Kier molecular flexibility index (Phi) is 7.12. The first-order chi connectivity index (χ1) is 17.1. The molecule has 0 saturated carbocycles. The van der Waals surface area contributed by atoms with E-state index in [4.69, 9.17) is 11.6 Å². The number of amides is 2. The number of hydrogen-bond acceptors (Lipinski definition) is 6. The highest BCUT2D eigenvalue weighted by molar-refractivity contribution is 6.33. The van der Waals surface area contributed by atoms with E-state index in [-0.39, 0.29) is 39.4 Å². The van der Waals surface area contributed by atoms with E-state index < -0.39 is 11.7 Å². The van der Waals surface area contributed by atoms with E-state index >= 15 is 0 Å². The molecule has 8 nitrogen and oxygen atoms in total. The first-order valence-electron chi connectivity index (χ1n) is 11.7. The Balaban J connectivity index is 1.67. The summed E-state index contributed by atoms with van der Waals surface area (Å²) in [7, 11) is 1.46. The van der Waals surface area contributed by atoms with E-state index in [9.17, 15) is 14.0 Å². The van der Waals surface area contributed by atoms with E-state index in [0.29, 0.717) is 18.7 Å². The zero-order chi connectivity index (χ0) is 26.0. The lowest BCUT2D eigenvalue weighted by Gasteiger charge is -2.27. The lowest BCUT2D eigenvalue weighted by Crippen LogP contribution is -2.29. The van der Waals surface area contributed by atoms with Gasteiger partial charge < -0.3 is 20.9 Å². The van der Waals surface area contributed by atoms with Gasteiger partial charge in [-0.1, -0.05) is 37.6 Å². The minimum absolute atomic E-state index is 0.0484. The quantitative estimate of drug-likeness (QED) is 0.402. The molecule has 10 heteroatoms. The Bertz CT molecular complexity index is 1330. The highest BCUT2D eigenvalue weighted by Gasteiger charge is 2.32. The Hall–Kier alpha value is -3.72. The average Bonchev–Trinajstić information content (AvgIpc) is 2.95. The number of anilines is 5. The first-order valence-corrected chi connectivity index (χ1v) is 12.0. The molecule has 0 spiro atoms. The monoisotopic (exact) mass is 510 g/mol. The normalized spacial score (nSPS) is 14.6. The third-order valence-electron chi connectivity index (χ3n) is 6.33. The van der Waals surface area contributed by atoms with Crippen LogP contribution in [0.25, 0.3) is 0 Å². The Morgan fingerprint density at radius 3 is 2.72 bits per heavy atom. The first kappa shape index (κ1) is 25.4. The van der Waals surface area contributed by atoms with Crippen molar-refractivity contribution in [1.82, 2.24) is 15.3 Å². The highest BCUT2D eigenvalue weighted by atomic mass is 35.5. The number of halogens is 2. The molecule has 3 N–H and O–H groups in total. The van der Waals surface area contributed by atoms with Gasteiger partial charge in [-0.05, 0) is 48.6 Å². The molecular weight excluding hydrogens is 483 g/mol. The number of para-hydroxylation sites is 1. The molecule has 0 saturated heterocycles. The van der Waals surface area contributed by atoms with Gasteiger partial charge in [0, 0.05) is 31.4 Å². The summed E-state index contributed by atoms with van der Waals surface area (Å²) in [5.41, 5.74) is 2.55. The minimum Gasteiger partial charge on any atom is -0.355 e. The van der Waals surface area contributed by atoms with Crippen molar-refractivity contribution >= 4 is 52.2 Å². The number of nitrogens with one attached hydrogen (secondary N) is 3. The number of carbonyl (C=O) groups excluding carboxylic acids is 2. The number of carbonyl (C=O) groups is 2. The van der Waals surface area contributed by atoms with Gasteiger partial charge in [0.25, 0.3) is 5.91 Å². The Labute approximate surface area is 214 Å². The number of rotatable bonds is 6. The van der Waals surface area contributed by atoms with Gasteiger partial charge in [-0.15, -0.1) is 0 Å². The standard InChI is InChI=1S/C26H28ClFN6O2/c1-5-34-20-13-15(9-10-17(20)26(2,3)12-11-21(34)35)31-25-30-14-18(27)23(33-25)32-22-16(24(36)29-4)7-6-8-19(22)28/h6-10,13-14H,5,11-12H2,1-4H3,(H,29,36)(H2,30,31,32,33). The molecule has 0 radical (unpaired) electrons. The second kappa shape index (κ2) is 10.1. The second-order valence-corrected chi connectivity index (χ2v) is 9.54. The van der Waals surface area contributed by atoms with Crippen molar-refractivity contribution < 1.29 is 14.0 Å². The molecule has 0 unspecified atom stereocenters. The molecule has 2 aromatic carbocycles. The van der Waals surface area contributed by atoms with Gasteiger partial charge in [0.05, 0.1) is 17.4 Å². The van der Waals surface area contributed by atoms with Crippen LogP contribution in [-0.2, 0) is 10.2 Å². The fourth-order valence-corrected chi connectivity index (χ4v) is 4.45. The Morgan fingerprint density at radius 2 is 2.00 bits per heavy atom. The van der Waals surface area contributed by atoms with Gasteiger partial charge in [0.1, 0.15) is 10.8 Å². The van der Waals surface area contributed by atoms with Gasteiger partial charge in [-0.3, -0.25) is 9.59 Å². The fraction of sp³-hybridized carbons (Fsp3) is 0.308. The van der Waals surface area contributed by atoms with Crippen LogP contribution < -0.4 is 20.9 Å². The van der Waals surface area contributed by atoms with Crippen molar-refractivity contribution in [3.63, 3.8) is 0 Å². The lowest BCUT2D eigenvalue weighted by molar-refractivity contribution is -0.118. The molecule has 36 heavy (non-hydrogen) atoms. The van der Waals surface area contributed by atoms with Gasteiger partial charge in [0.15, 0.2) is 5.82 Å². The molecule has 0 fully saturated rings. The van der Waals surface area contributed by atoms with Crippen molar-refractivity contribution in [1.29, 1.82) is 0 Å². The van der Waals surface area contributed by atoms with Crippen LogP contribution in [0, 0.1) is 5.82 Å². The largest absolute Gasteiger partial charge is 0.355 e. The number of hydrogen-bond donors (Lipinski definition) is 3. The van der Waals surface area contributed by atoms with Gasteiger partial charge >= 0.3 is 0 Å². The fourth-order valence-electron chi connectivity index (χ4n) is 4.31. The van der Waals surface area contributed by atoms with Gasteiger partial charge in [-0.2, -0.15) is 4.98 Å². The minimum atomic E-state index is -0.627. The second-order valence-electron chi connectivity index (χ2n) is 9.14. The number of benzene rings is 2. The van der Waals surface area contributed by atoms with Crippen molar-refractivity contribution in [2.75, 3.05) is 29.1 Å². The lowest BCUT2D eigenvalue weighted by atomic mass is 9.80. The third kappa shape index (κ3) is 4.97. The van der Waals surface area contributed by atoms with Gasteiger partial charge in [0.2, 0.25) is 11.9 Å². The topological polar surface area (TPSA) is 99.3 Å². The van der Waals surface area contributed by atoms with Crippen molar-refractivity contribution in [2.45, 2.75) is 39.0 Å². The molecule has 3 aromatic rings. The summed E-state index contributed by atoms with van der Waals surface area (Å²) in [6.45, 7) is 6.80. The summed E-state index contributed by atoms with van der Waals surface area (Å²) in [5, 5.41) is 8.61. The summed E-state index contributed by atoms with van der Waals surface area (Å²) in [5.74, 6) is -0.651. The molecule has 1 aliphatic heterocycles. The maximum absolute atomic E-state index is 14.6. The van der Waals surface area contributed by atoms with Crippen LogP contribution in [0.5, 0.6) is 0 Å². The van der Waals surface area contributed by atoms with E-state index in [0.717, 1.165) is 17.7 Å². The van der Waals surface area contributed by atoms with Crippen LogP contribution in [-0.4, -0.2) is 35.4 Å². The predicted octanol–water partition coefficient (Wildman–Crippen LogP) is 5.54. The zero-order valence-electron chi connectivity index (χ0n) is 20.6. The SMILES string of the molecule is CCN1C(=O)CCC(C)(C)c2ccc(Nc3ncc(Cl)c(Nc4c(F)cccc4C(=O)NC)n3)cc21. The van der Waals surface area contributed by atoms with Gasteiger partial charge in [-0.25, -0.2) is 9.37 Å². The molecule has 188 valence electrons. The van der Waals surface area contributed by atoms with E-state index in [1.54, 1.807) is 4.90 Å². The molecule has 0 aliphatic carbocycles. The summed E-state index contributed by atoms with van der Waals surface area (Å²) in [4.78, 5) is 35.4. The summed E-state index contributed by atoms with van der Waals surface area (Å²) >= 11 is 6.28. The maximum Gasteiger partial charge on any atom is 0.253 e. The molecule has 1 aliphatic rings. The maximum atomic E-state index is 14.6. The number of aromatic nitrogens is 2. The predicted molar refractivity (Wildman–Crippen MR) is 140 cm³/mol. The summed E-state index contributed by atoms with van der Waals surface area (Å²) in [6, 6.07) is 10.0. The van der Waals surface area contributed by atoms with Crippen LogP contribution in [0.1, 0.15) is 49.5 Å². The van der Waals surface area contributed by atoms with Crippen molar-refractivity contribution in [3.8, 4) is 0 Å². The number of fused-ring (bicyclic) bond motifs is 1. The van der Waals surface area contributed by atoms with Crippen LogP contribution in [0.2, 0.25) is 5.02 Å². The van der Waals surface area contributed by atoms with E-state index in [1.807, 2.05) is 25.1 Å². The highest BCUT2D eigenvalue weighted by Crippen LogP contribution is 2.41. The van der Waals surface area contributed by atoms with Crippen LogP contribution in [0.3, 0.4) is 0 Å². The van der Waals surface area contributed by atoms with E-state index in [1.165, 1.54) is 31.4 Å². The molecule has 2 amide bonds. The molecule has 4 rings (SSSR count).